The molecule has 3 atom stereocenters. The van der Waals surface area contributed by atoms with Crippen LogP contribution in [0.4, 0.5) is 0 Å². The maximum atomic E-state index is 10.3. The van der Waals surface area contributed by atoms with E-state index in [1.165, 1.54) is 0 Å². The molecule has 1 aliphatic heterocycles. The minimum absolute atomic E-state index is 0.146. The Hall–Kier alpha value is -0.630. The van der Waals surface area contributed by atoms with E-state index in [-0.39, 0.29) is 12.0 Å². The van der Waals surface area contributed by atoms with E-state index in [0.29, 0.717) is 18.2 Å². The van der Waals surface area contributed by atoms with Crippen molar-refractivity contribution in [1.82, 2.24) is 0 Å². The van der Waals surface area contributed by atoms with Gasteiger partial charge in [0.1, 0.15) is 6.04 Å². The summed E-state index contributed by atoms with van der Waals surface area (Å²) in [5.74, 6) is 1.31. The summed E-state index contributed by atoms with van der Waals surface area (Å²) < 4.78 is 12.6. The van der Waals surface area contributed by atoms with Crippen molar-refractivity contribution in [2.75, 3.05) is 14.2 Å². The first kappa shape index (κ1) is 17.4. The first-order valence-corrected chi connectivity index (χ1v) is 7.96. The molecule has 1 heterocycles. The molecule has 1 N–H and O–H groups in total. The number of halogens is 1. The summed E-state index contributed by atoms with van der Waals surface area (Å²) in [6, 6.07) is -0.625. The predicted molar refractivity (Wildman–Crippen MR) is 89.7 cm³/mol. The third-order valence-corrected chi connectivity index (χ3v) is 3.68. The van der Waals surface area contributed by atoms with Crippen molar-refractivity contribution >= 4 is 34.4 Å². The summed E-state index contributed by atoms with van der Waals surface area (Å²) >= 11 is 2.16. The third-order valence-electron chi connectivity index (χ3n) is 3.17. The van der Waals surface area contributed by atoms with E-state index in [4.69, 9.17) is 9.47 Å². The molecule has 0 saturated carbocycles. The van der Waals surface area contributed by atoms with Gasteiger partial charge in [0.15, 0.2) is 6.04 Å². The van der Waals surface area contributed by atoms with Crippen molar-refractivity contribution < 1.29 is 14.6 Å². The van der Waals surface area contributed by atoms with Crippen LogP contribution in [0, 0.1) is 5.92 Å². The normalized spacial score (nSPS) is 24.6. The Morgan fingerprint density at radius 2 is 1.75 bits per heavy atom. The molecule has 0 saturated heterocycles. The molecule has 0 aromatic heterocycles. The quantitative estimate of drug-likeness (QED) is 0.730. The van der Waals surface area contributed by atoms with E-state index in [0.717, 1.165) is 6.42 Å². The number of ether oxygens (including phenoxy) is 2. The molecule has 1 aliphatic rings. The molecule has 5 nitrogen and oxygen atoms in total. The summed E-state index contributed by atoms with van der Waals surface area (Å²) in [5.41, 5.74) is 0. The van der Waals surface area contributed by atoms with Crippen LogP contribution in [-0.4, -0.2) is 49.3 Å². The molecule has 0 aliphatic carbocycles. The number of aliphatic hydroxyl groups excluding tert-OH is 1. The lowest BCUT2D eigenvalue weighted by Crippen LogP contribution is -2.42. The van der Waals surface area contributed by atoms with Crippen LogP contribution in [0.1, 0.15) is 26.7 Å². The van der Waals surface area contributed by atoms with Crippen LogP contribution in [-0.2, 0) is 9.47 Å². The Bertz CT molecular complexity index is 394. The molecular weight excluding hydrogens is 371 g/mol. The second-order valence-corrected chi connectivity index (χ2v) is 5.70. The Morgan fingerprint density at radius 1 is 1.20 bits per heavy atom. The minimum Gasteiger partial charge on any atom is -0.483 e. The number of methoxy groups -OCH3 is 2. The summed E-state index contributed by atoms with van der Waals surface area (Å²) in [5, 5.41) is 10.3. The van der Waals surface area contributed by atoms with Crippen LogP contribution in [0.25, 0.3) is 0 Å². The van der Waals surface area contributed by atoms with E-state index >= 15 is 0 Å². The maximum Gasteiger partial charge on any atom is 0.212 e. The Labute approximate surface area is 134 Å². The van der Waals surface area contributed by atoms with Crippen LogP contribution in [0.2, 0.25) is 0 Å². The van der Waals surface area contributed by atoms with Crippen LogP contribution in [0.3, 0.4) is 0 Å². The lowest BCUT2D eigenvalue weighted by molar-refractivity contribution is 0.145. The van der Waals surface area contributed by atoms with Gasteiger partial charge < -0.3 is 14.6 Å². The highest BCUT2D eigenvalue weighted by Crippen LogP contribution is 2.20. The fourth-order valence-corrected chi connectivity index (χ4v) is 2.42. The van der Waals surface area contributed by atoms with Gasteiger partial charge in [-0.25, -0.2) is 9.98 Å². The van der Waals surface area contributed by atoms with Gasteiger partial charge in [-0.05, 0) is 22.8 Å². The van der Waals surface area contributed by atoms with Crippen molar-refractivity contribution in [2.45, 2.75) is 44.9 Å². The molecule has 0 amide bonds. The summed E-state index contributed by atoms with van der Waals surface area (Å²) in [4.78, 5) is 9.04. The largest absolute Gasteiger partial charge is 0.483 e. The molecule has 0 radical (unpaired) electrons. The minimum atomic E-state index is -0.625. The van der Waals surface area contributed by atoms with Crippen molar-refractivity contribution in [3.05, 3.63) is 10.2 Å². The van der Waals surface area contributed by atoms with E-state index in [1.54, 1.807) is 14.2 Å². The first-order chi connectivity index (χ1) is 9.54. The van der Waals surface area contributed by atoms with Crippen molar-refractivity contribution in [3.63, 3.8) is 0 Å². The van der Waals surface area contributed by atoms with Gasteiger partial charge in [-0.2, -0.15) is 0 Å². The highest BCUT2D eigenvalue weighted by atomic mass is 127. The molecule has 20 heavy (non-hydrogen) atoms. The van der Waals surface area contributed by atoms with Crippen molar-refractivity contribution in [2.24, 2.45) is 15.9 Å². The lowest BCUT2D eigenvalue weighted by atomic mass is 10.00. The van der Waals surface area contributed by atoms with Gasteiger partial charge in [0.2, 0.25) is 11.8 Å². The van der Waals surface area contributed by atoms with Crippen LogP contribution in [0.15, 0.2) is 20.1 Å². The average Bonchev–Trinajstić information content (AvgIpc) is 2.45. The topological polar surface area (TPSA) is 63.4 Å². The van der Waals surface area contributed by atoms with E-state index in [9.17, 15) is 5.11 Å². The van der Waals surface area contributed by atoms with Gasteiger partial charge in [-0.3, -0.25) is 0 Å². The number of aliphatic imine (C=N–C) groups is 2. The number of aliphatic hydroxyl groups is 1. The molecule has 0 aromatic carbocycles. The van der Waals surface area contributed by atoms with Crippen LogP contribution in [0.5, 0.6) is 0 Å². The maximum absolute atomic E-state index is 10.3. The molecule has 2 unspecified atom stereocenters. The third kappa shape index (κ3) is 4.44. The number of nitrogens with zero attached hydrogens (tertiary/aromatic N) is 2. The molecule has 0 spiro atoms. The van der Waals surface area contributed by atoms with Gasteiger partial charge in [-0.15, -0.1) is 0 Å². The fourth-order valence-electron chi connectivity index (χ4n) is 2.06. The first-order valence-electron chi connectivity index (χ1n) is 6.71. The molecule has 6 heteroatoms. The Balaban J connectivity index is 2.88. The van der Waals surface area contributed by atoms with Crippen molar-refractivity contribution in [1.29, 1.82) is 0 Å². The number of rotatable bonds is 5. The van der Waals surface area contributed by atoms with Gasteiger partial charge >= 0.3 is 0 Å². The van der Waals surface area contributed by atoms with Crippen molar-refractivity contribution in [3.8, 4) is 0 Å². The summed E-state index contributed by atoms with van der Waals surface area (Å²) in [6.45, 7) is 4.11. The zero-order valence-electron chi connectivity index (χ0n) is 12.4. The van der Waals surface area contributed by atoms with E-state index in [2.05, 4.69) is 46.4 Å². The van der Waals surface area contributed by atoms with Gasteiger partial charge in [0.05, 0.1) is 20.3 Å². The Kier molecular flexibility index (Phi) is 7.50. The lowest BCUT2D eigenvalue weighted by Gasteiger charge is -2.29. The number of hydrogen-bond acceptors (Lipinski definition) is 5. The van der Waals surface area contributed by atoms with Gasteiger partial charge in [0.25, 0.3) is 0 Å². The van der Waals surface area contributed by atoms with Gasteiger partial charge in [0, 0.05) is 0 Å². The molecule has 0 bridgehead atoms. The monoisotopic (exact) mass is 394 g/mol. The zero-order valence-corrected chi connectivity index (χ0v) is 14.6. The van der Waals surface area contributed by atoms with Gasteiger partial charge in [-0.1, -0.05) is 42.5 Å². The van der Waals surface area contributed by atoms with Crippen LogP contribution >= 0.6 is 22.6 Å². The molecular formula is C14H23IN2O3. The molecule has 1 rings (SSSR count). The highest BCUT2D eigenvalue weighted by molar-refractivity contribution is 14.1. The number of allylic oxidation sites excluding steroid dienone is 1. The number of hydrogen-bond donors (Lipinski definition) is 1. The highest BCUT2D eigenvalue weighted by Gasteiger charge is 2.34. The second kappa shape index (κ2) is 8.61. The van der Waals surface area contributed by atoms with Crippen LogP contribution < -0.4 is 0 Å². The van der Waals surface area contributed by atoms with E-state index < -0.39 is 12.1 Å². The predicted octanol–water partition coefficient (Wildman–Crippen LogP) is 2.57. The molecule has 0 aromatic rings. The standard InChI is InChI=1S/C14H23IN2O3/c1-9(2)11-13(19-3)17-12(14(16-11)20-4)10(18)7-5-6-8-15/h6,8-12,18H,5,7H2,1-4H3/b8-6+/t10?,11-,12?/m1/s1. The summed E-state index contributed by atoms with van der Waals surface area (Å²) in [6.07, 6.45) is 2.79. The van der Waals surface area contributed by atoms with E-state index in [1.807, 2.05) is 10.2 Å². The smallest absolute Gasteiger partial charge is 0.212 e. The fraction of sp³-hybridized carbons (Fsp3) is 0.714. The molecule has 114 valence electrons. The summed E-state index contributed by atoms with van der Waals surface area (Å²) in [7, 11) is 3.15. The zero-order chi connectivity index (χ0) is 15.1. The Morgan fingerprint density at radius 3 is 2.25 bits per heavy atom. The SMILES string of the molecule is COC1=N[C@H](C(C)C)C(OC)=NC1C(O)CC/C=C/I. The average molecular weight is 394 g/mol. The molecule has 0 fully saturated rings. The second-order valence-electron chi connectivity index (χ2n) is 4.98.